The highest BCUT2D eigenvalue weighted by atomic mass is 16.5. The molecule has 1 unspecified atom stereocenters. The van der Waals surface area contributed by atoms with Crippen molar-refractivity contribution < 1.29 is 9.94 Å². The van der Waals surface area contributed by atoms with Crippen LogP contribution in [0.4, 0.5) is 0 Å². The molecule has 0 aromatic rings. The normalized spacial score (nSPS) is 30.3. The summed E-state index contributed by atoms with van der Waals surface area (Å²) in [5.41, 5.74) is 0.751. The van der Waals surface area contributed by atoms with Crippen LogP contribution in [0.3, 0.4) is 0 Å². The number of oxime groups is 1. The summed E-state index contributed by atoms with van der Waals surface area (Å²) in [4.78, 5) is 0. The van der Waals surface area contributed by atoms with Crippen molar-refractivity contribution in [3.63, 3.8) is 0 Å². The van der Waals surface area contributed by atoms with Gasteiger partial charge in [-0.1, -0.05) is 29.5 Å². The molecule has 0 saturated carbocycles. The fraction of sp³-hybridized carbons (Fsp3) is 0.615. The number of methoxy groups -OCH3 is 1. The molecule has 0 amide bonds. The first-order chi connectivity index (χ1) is 7.88. The Hall–Kier alpha value is -1.09. The third kappa shape index (κ3) is 4.62. The molecule has 0 aromatic heterocycles. The van der Waals surface area contributed by atoms with Gasteiger partial charge in [0.15, 0.2) is 0 Å². The van der Waals surface area contributed by atoms with Gasteiger partial charge < -0.3 is 9.94 Å². The summed E-state index contributed by atoms with van der Waals surface area (Å²) in [6.45, 7) is 0. The maximum Gasteiger partial charge on any atom is 0.0988 e. The molecule has 1 atom stereocenters. The lowest BCUT2D eigenvalue weighted by Gasteiger charge is -2.15. The molecule has 0 bridgehead atoms. The van der Waals surface area contributed by atoms with E-state index in [2.05, 4.69) is 29.5 Å². The Morgan fingerprint density at radius 2 is 1.75 bits per heavy atom. The third-order valence-corrected chi connectivity index (χ3v) is 2.78. The second kappa shape index (κ2) is 8.11. The van der Waals surface area contributed by atoms with Crippen LogP contribution in [-0.4, -0.2) is 24.1 Å². The highest BCUT2D eigenvalue weighted by molar-refractivity contribution is 5.88. The monoisotopic (exact) mass is 223 g/mol. The van der Waals surface area contributed by atoms with Crippen molar-refractivity contribution >= 4 is 5.71 Å². The van der Waals surface area contributed by atoms with Crippen LogP contribution >= 0.6 is 0 Å². The number of ether oxygens (including phenoxy) is 1. The topological polar surface area (TPSA) is 41.8 Å². The Balaban J connectivity index is 2.61. The second-order valence-electron chi connectivity index (χ2n) is 3.95. The van der Waals surface area contributed by atoms with E-state index in [4.69, 9.17) is 9.94 Å². The summed E-state index contributed by atoms with van der Waals surface area (Å²) in [6.07, 6.45) is 14.4. The molecule has 0 fully saturated rings. The first kappa shape index (κ1) is 13.0. The van der Waals surface area contributed by atoms with Crippen molar-refractivity contribution in [1.82, 2.24) is 0 Å². The average Bonchev–Trinajstić information content (AvgIpc) is 2.30. The Morgan fingerprint density at radius 1 is 1.12 bits per heavy atom. The highest BCUT2D eigenvalue weighted by Crippen LogP contribution is 2.11. The van der Waals surface area contributed by atoms with E-state index in [-0.39, 0.29) is 6.10 Å². The summed E-state index contributed by atoms with van der Waals surface area (Å²) >= 11 is 0. The van der Waals surface area contributed by atoms with E-state index in [0.29, 0.717) is 0 Å². The van der Waals surface area contributed by atoms with Crippen molar-refractivity contribution in [2.75, 3.05) is 7.11 Å². The van der Waals surface area contributed by atoms with Crippen LogP contribution < -0.4 is 0 Å². The zero-order valence-corrected chi connectivity index (χ0v) is 9.93. The Morgan fingerprint density at radius 3 is 2.38 bits per heavy atom. The average molecular weight is 223 g/mol. The number of nitrogens with zero attached hydrogens (tertiary/aromatic N) is 1. The van der Waals surface area contributed by atoms with Gasteiger partial charge in [0.05, 0.1) is 11.8 Å². The van der Waals surface area contributed by atoms with Gasteiger partial charge >= 0.3 is 0 Å². The van der Waals surface area contributed by atoms with Crippen molar-refractivity contribution in [3.8, 4) is 0 Å². The molecule has 0 aliphatic heterocycles. The molecule has 3 heteroatoms. The van der Waals surface area contributed by atoms with Crippen LogP contribution in [-0.2, 0) is 4.74 Å². The Labute approximate surface area is 97.5 Å². The van der Waals surface area contributed by atoms with E-state index in [1.807, 2.05) is 0 Å². The minimum Gasteiger partial charge on any atom is -0.411 e. The molecule has 90 valence electrons. The molecule has 0 aromatic carbocycles. The van der Waals surface area contributed by atoms with Gasteiger partial charge in [-0.25, -0.2) is 0 Å². The van der Waals surface area contributed by atoms with E-state index in [1.54, 1.807) is 7.11 Å². The fourth-order valence-electron chi connectivity index (χ4n) is 1.84. The number of hydrogen-bond acceptors (Lipinski definition) is 3. The summed E-state index contributed by atoms with van der Waals surface area (Å²) in [6, 6.07) is 0. The maximum absolute atomic E-state index is 8.96. The third-order valence-electron chi connectivity index (χ3n) is 2.78. The Bertz CT molecular complexity index is 269. The minimum atomic E-state index is -0.0533. The highest BCUT2D eigenvalue weighted by Gasteiger charge is 2.14. The van der Waals surface area contributed by atoms with Gasteiger partial charge in [-0.05, 0) is 38.5 Å². The molecule has 0 heterocycles. The number of rotatable bonds is 1. The maximum atomic E-state index is 8.96. The lowest BCUT2D eigenvalue weighted by Crippen LogP contribution is -2.23. The molecule has 3 nitrogen and oxygen atoms in total. The lowest BCUT2D eigenvalue weighted by atomic mass is 10.0. The molecule has 1 aliphatic carbocycles. The predicted octanol–water partition coefficient (Wildman–Crippen LogP) is 3.30. The molecule has 0 spiro atoms. The van der Waals surface area contributed by atoms with Crippen LogP contribution in [0.25, 0.3) is 0 Å². The van der Waals surface area contributed by atoms with Crippen LogP contribution in [0.2, 0.25) is 0 Å². The van der Waals surface area contributed by atoms with Crippen LogP contribution in [0, 0.1) is 0 Å². The zero-order chi connectivity index (χ0) is 11.6. The minimum absolute atomic E-state index is 0.0533. The molecule has 1 aliphatic rings. The number of allylic oxidation sites excluding steroid dienone is 4. The first-order valence-electron chi connectivity index (χ1n) is 5.92. The van der Waals surface area contributed by atoms with Crippen LogP contribution in [0.5, 0.6) is 0 Å². The standard InChI is InChI=1S/C13H21NO2/c1-16-13-11-9-7-5-3-2-4-6-8-10-12(13)14-15/h4-7,13,15H,2-3,8-11H2,1H3/b6-4+,7-5+,14-12+. The van der Waals surface area contributed by atoms with Crippen LogP contribution in [0.15, 0.2) is 29.5 Å². The molecule has 0 radical (unpaired) electrons. The fourth-order valence-corrected chi connectivity index (χ4v) is 1.84. The summed E-state index contributed by atoms with van der Waals surface area (Å²) in [5, 5.41) is 12.3. The van der Waals surface area contributed by atoms with Crippen molar-refractivity contribution in [1.29, 1.82) is 0 Å². The zero-order valence-electron chi connectivity index (χ0n) is 9.93. The molecule has 0 saturated heterocycles. The van der Waals surface area contributed by atoms with Crippen LogP contribution in [0.1, 0.15) is 38.5 Å². The molecule has 1 N–H and O–H groups in total. The van der Waals surface area contributed by atoms with Gasteiger partial charge in [-0.2, -0.15) is 0 Å². The van der Waals surface area contributed by atoms with Crippen molar-refractivity contribution in [2.45, 2.75) is 44.6 Å². The predicted molar refractivity (Wildman–Crippen MR) is 66.0 cm³/mol. The Kier molecular flexibility index (Phi) is 6.58. The SMILES string of the molecule is COC1CC/C=C/CC/C=C/CC/C1=N\O. The largest absolute Gasteiger partial charge is 0.411 e. The van der Waals surface area contributed by atoms with E-state index in [0.717, 1.165) is 44.2 Å². The molecule has 16 heavy (non-hydrogen) atoms. The van der Waals surface area contributed by atoms with Crippen molar-refractivity contribution in [3.05, 3.63) is 24.3 Å². The van der Waals surface area contributed by atoms with Crippen molar-refractivity contribution in [2.24, 2.45) is 5.16 Å². The molecule has 1 rings (SSSR count). The summed E-state index contributed by atoms with van der Waals surface area (Å²) in [5.74, 6) is 0. The van der Waals surface area contributed by atoms with E-state index < -0.39 is 0 Å². The van der Waals surface area contributed by atoms with Gasteiger partial charge in [0.2, 0.25) is 0 Å². The van der Waals surface area contributed by atoms with E-state index in [1.165, 1.54) is 0 Å². The summed E-state index contributed by atoms with van der Waals surface area (Å²) < 4.78 is 5.35. The molecular formula is C13H21NO2. The quantitative estimate of drug-likeness (QED) is 0.421. The van der Waals surface area contributed by atoms with Gasteiger partial charge in [0.1, 0.15) is 0 Å². The smallest absolute Gasteiger partial charge is 0.0988 e. The first-order valence-corrected chi connectivity index (χ1v) is 5.92. The van der Waals surface area contributed by atoms with E-state index >= 15 is 0 Å². The second-order valence-corrected chi connectivity index (χ2v) is 3.95. The lowest BCUT2D eigenvalue weighted by molar-refractivity contribution is 0.143. The molecular weight excluding hydrogens is 202 g/mol. The summed E-state index contributed by atoms with van der Waals surface area (Å²) in [7, 11) is 1.67. The van der Waals surface area contributed by atoms with E-state index in [9.17, 15) is 0 Å². The van der Waals surface area contributed by atoms with Gasteiger partial charge in [-0.15, -0.1) is 0 Å². The van der Waals surface area contributed by atoms with Gasteiger partial charge in [-0.3, -0.25) is 0 Å². The van der Waals surface area contributed by atoms with Gasteiger partial charge in [0.25, 0.3) is 0 Å². The number of hydrogen-bond donors (Lipinski definition) is 1. The van der Waals surface area contributed by atoms with Gasteiger partial charge in [0, 0.05) is 7.11 Å².